The van der Waals surface area contributed by atoms with E-state index >= 15 is 0 Å². The largest absolute Gasteiger partial charge is 0.480 e. The van der Waals surface area contributed by atoms with E-state index in [1.165, 1.54) is 13.8 Å². The zero-order valence-corrected chi connectivity index (χ0v) is 22.9. The van der Waals surface area contributed by atoms with Gasteiger partial charge in [0.15, 0.2) is 5.79 Å². The number of hydrogen-bond acceptors (Lipinski definition) is 9. The fourth-order valence-corrected chi connectivity index (χ4v) is 4.19. The average molecular weight is 596 g/mol. The van der Waals surface area contributed by atoms with Crippen molar-refractivity contribution in [2.24, 2.45) is 10.7 Å². The average Bonchev–Trinajstić information content (AvgIpc) is 3.24. The summed E-state index contributed by atoms with van der Waals surface area (Å²) in [6, 6.07) is 7.58. The number of aliphatic hydroxyl groups is 2. The van der Waals surface area contributed by atoms with Crippen LogP contribution in [0, 0.1) is 0 Å². The number of carbonyl (C=O) groups is 2. The number of benzene rings is 1. The first-order valence-corrected chi connectivity index (χ1v) is 13.1. The molecule has 0 radical (unpaired) electrons. The molecule has 4 atom stereocenters. The zero-order valence-electron chi connectivity index (χ0n) is 21.3. The minimum Gasteiger partial charge on any atom is -0.480 e. The van der Waals surface area contributed by atoms with Gasteiger partial charge in [-0.1, -0.05) is 15.9 Å². The molecule has 0 saturated carbocycles. The van der Waals surface area contributed by atoms with Gasteiger partial charge in [0.2, 0.25) is 5.62 Å². The number of nitrogens with zero attached hydrogens (tertiary/aromatic N) is 3. The highest BCUT2D eigenvalue weighted by molar-refractivity contribution is 9.10. The molecule has 0 spiro atoms. The van der Waals surface area contributed by atoms with Gasteiger partial charge in [-0.05, 0) is 63.4 Å². The second-order valence-corrected chi connectivity index (χ2v) is 10.4. The molecule has 2 heterocycles. The predicted octanol–water partition coefficient (Wildman–Crippen LogP) is 1.77. The van der Waals surface area contributed by atoms with Crippen molar-refractivity contribution in [2.75, 3.05) is 18.5 Å². The Balaban J connectivity index is 1.82. The van der Waals surface area contributed by atoms with Gasteiger partial charge in [-0.3, -0.25) is 19.1 Å². The van der Waals surface area contributed by atoms with Crippen molar-refractivity contribution < 1.29 is 34.4 Å². The van der Waals surface area contributed by atoms with Crippen LogP contribution in [0.1, 0.15) is 56.1 Å². The van der Waals surface area contributed by atoms with Crippen LogP contribution in [0.3, 0.4) is 0 Å². The molecule has 1 fully saturated rings. The normalized spacial score (nSPS) is 20.9. The molecule has 1 saturated heterocycles. The van der Waals surface area contributed by atoms with Crippen molar-refractivity contribution in [2.45, 2.75) is 69.8 Å². The molecule has 1 unspecified atom stereocenters. The van der Waals surface area contributed by atoms with Gasteiger partial charge in [-0.2, -0.15) is 4.98 Å². The summed E-state index contributed by atoms with van der Waals surface area (Å²) in [5.74, 6) is -2.52. The number of anilines is 1. The van der Waals surface area contributed by atoms with E-state index in [1.54, 1.807) is 41.1 Å². The lowest BCUT2D eigenvalue weighted by Crippen LogP contribution is -2.36. The fraction of sp³-hybridized carbons (Fsp3) is 0.520. The number of aliphatic hydroxyl groups excluding tert-OH is 1. The highest BCUT2D eigenvalue weighted by Gasteiger charge is 2.39. The van der Waals surface area contributed by atoms with Gasteiger partial charge in [-0.25, -0.2) is 0 Å². The number of nitrogens with two attached hydrogens (primary N) is 1. The molecule has 38 heavy (non-hydrogen) atoms. The number of carboxylic acids is 1. The molecule has 1 aliphatic heterocycles. The molecular formula is C25H34BrN5O7. The minimum atomic E-state index is -1.41. The number of rotatable bonds is 12. The first-order chi connectivity index (χ1) is 18.0. The van der Waals surface area contributed by atoms with Gasteiger partial charge in [0.1, 0.15) is 24.2 Å². The van der Waals surface area contributed by atoms with Crippen molar-refractivity contribution in [1.82, 2.24) is 9.55 Å². The monoisotopic (exact) mass is 595 g/mol. The molecule has 0 bridgehead atoms. The number of nitrogens with one attached hydrogen (secondary N) is 1. The quantitative estimate of drug-likeness (QED) is 0.180. The SMILES string of the molecule is CC(C)(O)OC1C[C@H](n2ccc(NC(=O)c3ccc(Br)cc3)nc2=NCCCC[C@H](N)C(=O)O)O[C@@H]1CO. The van der Waals surface area contributed by atoms with Crippen molar-refractivity contribution >= 4 is 33.6 Å². The van der Waals surface area contributed by atoms with Gasteiger partial charge in [0.25, 0.3) is 5.91 Å². The maximum Gasteiger partial charge on any atom is 0.320 e. The van der Waals surface area contributed by atoms with E-state index in [1.807, 2.05) is 0 Å². The van der Waals surface area contributed by atoms with Gasteiger partial charge in [0.05, 0.1) is 12.7 Å². The summed E-state index contributed by atoms with van der Waals surface area (Å²) in [6.45, 7) is 3.04. The van der Waals surface area contributed by atoms with Gasteiger partial charge < -0.3 is 35.8 Å². The third kappa shape index (κ3) is 8.68. The van der Waals surface area contributed by atoms with Crippen molar-refractivity contribution in [3.63, 3.8) is 0 Å². The topological polar surface area (TPSA) is 182 Å². The van der Waals surface area contributed by atoms with Gasteiger partial charge in [-0.15, -0.1) is 0 Å². The Morgan fingerprint density at radius 2 is 2.03 bits per heavy atom. The molecule has 1 aliphatic rings. The molecule has 0 aliphatic carbocycles. The van der Waals surface area contributed by atoms with Crippen LogP contribution in [-0.2, 0) is 14.3 Å². The number of carbonyl (C=O) groups excluding carboxylic acids is 1. The maximum atomic E-state index is 12.7. The molecule has 12 nitrogen and oxygen atoms in total. The van der Waals surface area contributed by atoms with Crippen LogP contribution in [0.2, 0.25) is 0 Å². The molecule has 208 valence electrons. The lowest BCUT2D eigenvalue weighted by molar-refractivity contribution is -0.216. The lowest BCUT2D eigenvalue weighted by atomic mass is 10.1. The van der Waals surface area contributed by atoms with Crippen LogP contribution >= 0.6 is 15.9 Å². The molecule has 1 aromatic carbocycles. The van der Waals surface area contributed by atoms with Gasteiger partial charge >= 0.3 is 5.97 Å². The number of carboxylic acid groups (broad SMARTS) is 1. The number of aromatic nitrogens is 2. The van der Waals surface area contributed by atoms with E-state index in [4.69, 9.17) is 20.3 Å². The van der Waals surface area contributed by atoms with Crippen LogP contribution < -0.4 is 16.7 Å². The van der Waals surface area contributed by atoms with Crippen molar-refractivity contribution in [3.05, 3.63) is 52.2 Å². The van der Waals surface area contributed by atoms with Crippen LogP contribution in [0.4, 0.5) is 5.82 Å². The molecule has 2 aromatic rings. The van der Waals surface area contributed by atoms with Crippen molar-refractivity contribution in [1.29, 1.82) is 0 Å². The molecule has 13 heteroatoms. The highest BCUT2D eigenvalue weighted by Crippen LogP contribution is 2.32. The number of ether oxygens (including phenoxy) is 2. The summed E-state index contributed by atoms with van der Waals surface area (Å²) in [6.07, 6.45) is 1.62. The van der Waals surface area contributed by atoms with E-state index in [0.29, 0.717) is 37.8 Å². The highest BCUT2D eigenvalue weighted by atomic mass is 79.9. The lowest BCUT2D eigenvalue weighted by Gasteiger charge is -2.25. The molecule has 1 amide bonds. The van der Waals surface area contributed by atoms with E-state index in [-0.39, 0.29) is 24.0 Å². The third-order valence-electron chi connectivity index (χ3n) is 5.80. The minimum absolute atomic E-state index is 0.270. The Morgan fingerprint density at radius 3 is 2.66 bits per heavy atom. The first kappa shape index (κ1) is 29.9. The number of amides is 1. The van der Waals surface area contributed by atoms with E-state index in [9.17, 15) is 19.8 Å². The Morgan fingerprint density at radius 1 is 1.32 bits per heavy atom. The number of aliphatic carboxylic acids is 1. The Kier molecular flexibility index (Phi) is 10.5. The second kappa shape index (κ2) is 13.4. The third-order valence-corrected chi connectivity index (χ3v) is 6.33. The number of unbranched alkanes of at least 4 members (excludes halogenated alkanes) is 1. The summed E-state index contributed by atoms with van der Waals surface area (Å²) in [4.78, 5) is 32.7. The molecule has 6 N–H and O–H groups in total. The van der Waals surface area contributed by atoms with Crippen molar-refractivity contribution in [3.8, 4) is 0 Å². The van der Waals surface area contributed by atoms with Crippen LogP contribution in [0.15, 0.2) is 46.0 Å². The van der Waals surface area contributed by atoms with E-state index < -0.39 is 36.2 Å². The summed E-state index contributed by atoms with van der Waals surface area (Å²) < 4.78 is 14.2. The first-order valence-electron chi connectivity index (χ1n) is 12.3. The Bertz CT molecular complexity index is 1170. The van der Waals surface area contributed by atoms with E-state index in [0.717, 1.165) is 4.47 Å². The number of hydrogen-bond donors (Lipinski definition) is 5. The standard InChI is InChI=1S/C25H34BrN5O7/c1-25(2,36)38-18-13-21(37-19(18)14-32)31-12-10-20(29-22(33)15-6-8-16(26)9-7-15)30-24(31)28-11-4-3-5-17(27)23(34)35/h6-10,12,17-19,21,32,36H,3-5,11,13-14,27H2,1-2H3,(H,34,35)(H,28,29,30,33)/t17-,18?,19+,21+/m0/s1. The smallest absolute Gasteiger partial charge is 0.320 e. The Labute approximate surface area is 228 Å². The summed E-state index contributed by atoms with van der Waals surface area (Å²) in [5.41, 5.74) is 6.29. The summed E-state index contributed by atoms with van der Waals surface area (Å²) in [5, 5.41) is 31.6. The van der Waals surface area contributed by atoms with Crippen LogP contribution in [-0.4, -0.2) is 73.9 Å². The molecule has 1 aromatic heterocycles. The fourth-order valence-electron chi connectivity index (χ4n) is 3.93. The Hall–Kier alpha value is -2.68. The predicted molar refractivity (Wildman–Crippen MR) is 141 cm³/mol. The second-order valence-electron chi connectivity index (χ2n) is 9.45. The zero-order chi connectivity index (χ0) is 27.9. The van der Waals surface area contributed by atoms with Gasteiger partial charge in [0, 0.05) is 29.2 Å². The van der Waals surface area contributed by atoms with Crippen LogP contribution in [0.25, 0.3) is 0 Å². The van der Waals surface area contributed by atoms with E-state index in [2.05, 4.69) is 31.2 Å². The maximum absolute atomic E-state index is 12.7. The summed E-state index contributed by atoms with van der Waals surface area (Å²) in [7, 11) is 0. The number of halogens is 1. The summed E-state index contributed by atoms with van der Waals surface area (Å²) >= 11 is 3.35. The molecular weight excluding hydrogens is 562 g/mol. The molecule has 3 rings (SSSR count). The van der Waals surface area contributed by atoms with Crippen LogP contribution in [0.5, 0.6) is 0 Å².